The molecule has 0 rings (SSSR count). The molecule has 0 aliphatic carbocycles. The highest BCUT2D eigenvalue weighted by atomic mass is 16.5. The molecule has 0 saturated heterocycles. The van der Waals surface area contributed by atoms with Crippen molar-refractivity contribution >= 4 is 11.9 Å². The van der Waals surface area contributed by atoms with Gasteiger partial charge in [0.25, 0.3) is 0 Å². The van der Waals surface area contributed by atoms with Crippen LogP contribution >= 0.6 is 0 Å². The molecule has 0 aromatic heterocycles. The molecule has 0 radical (unpaired) electrons. The molecule has 0 aliphatic heterocycles. The Bertz CT molecular complexity index is 1230. The van der Waals surface area contributed by atoms with Crippen molar-refractivity contribution in [1.29, 1.82) is 0 Å². The smallest absolute Gasteiger partial charge is 0.305 e. The number of rotatable bonds is 64. The van der Waals surface area contributed by atoms with E-state index >= 15 is 0 Å². The molecule has 3 N–H and O–H groups in total. The fourth-order valence-corrected chi connectivity index (χ4v) is 10.7. The van der Waals surface area contributed by atoms with Gasteiger partial charge in [0.2, 0.25) is 5.91 Å². The second kappa shape index (κ2) is 65.6. The van der Waals surface area contributed by atoms with Crippen LogP contribution in [-0.2, 0) is 14.3 Å². The standard InChI is InChI=1S/C70H133NO5/c1-3-5-7-9-11-13-15-17-19-21-23-24-25-26-28-30-34-38-42-46-50-54-58-62-68(73)67(66-72)71-69(74)63-59-55-51-47-43-39-35-31-29-33-37-41-45-49-53-57-61-65-76-70(75)64-60-56-52-48-44-40-36-32-27-22-20-18-16-14-12-10-8-6-4-2/h18,20,29,33,41,45,67-68,72-73H,3-17,19,21-28,30-32,34-40,42-44,46-66H2,1-2H3,(H,71,74)/b20-18-,33-29-,45-41-. The number of ether oxygens (including phenoxy) is 1. The summed E-state index contributed by atoms with van der Waals surface area (Å²) in [6.45, 7) is 4.94. The Labute approximate surface area is 474 Å². The van der Waals surface area contributed by atoms with Crippen molar-refractivity contribution in [1.82, 2.24) is 5.32 Å². The molecule has 0 saturated carbocycles. The lowest BCUT2D eigenvalue weighted by Crippen LogP contribution is -2.45. The fraction of sp³-hybridized carbons (Fsp3) is 0.886. The average molecular weight is 1070 g/mol. The van der Waals surface area contributed by atoms with Gasteiger partial charge in [0, 0.05) is 12.8 Å². The molecule has 2 unspecified atom stereocenters. The Hall–Kier alpha value is -1.92. The Morgan fingerprint density at radius 2 is 0.658 bits per heavy atom. The van der Waals surface area contributed by atoms with Gasteiger partial charge in [-0.3, -0.25) is 9.59 Å². The van der Waals surface area contributed by atoms with E-state index in [1.807, 2.05) is 0 Å². The van der Waals surface area contributed by atoms with Crippen LogP contribution in [0.3, 0.4) is 0 Å². The number of allylic oxidation sites excluding steroid dienone is 6. The van der Waals surface area contributed by atoms with E-state index in [4.69, 9.17) is 4.74 Å². The Morgan fingerprint density at radius 1 is 0.368 bits per heavy atom. The van der Waals surface area contributed by atoms with Crippen LogP contribution < -0.4 is 5.32 Å². The minimum atomic E-state index is -0.677. The third-order valence-electron chi connectivity index (χ3n) is 15.9. The van der Waals surface area contributed by atoms with E-state index in [-0.39, 0.29) is 18.5 Å². The van der Waals surface area contributed by atoms with Crippen LogP contribution in [0.4, 0.5) is 0 Å². The molecule has 0 aromatic carbocycles. The molecule has 0 aromatic rings. The van der Waals surface area contributed by atoms with E-state index < -0.39 is 12.1 Å². The van der Waals surface area contributed by atoms with Gasteiger partial charge in [-0.1, -0.05) is 307 Å². The van der Waals surface area contributed by atoms with Crippen molar-refractivity contribution in [3.63, 3.8) is 0 Å². The first-order valence-electron chi connectivity index (χ1n) is 34.2. The molecule has 0 spiro atoms. The highest BCUT2D eigenvalue weighted by Crippen LogP contribution is 2.18. The van der Waals surface area contributed by atoms with Crippen LogP contribution in [0.15, 0.2) is 36.5 Å². The molecule has 2 atom stereocenters. The number of aliphatic hydroxyl groups is 2. The molecule has 1 amide bonds. The van der Waals surface area contributed by atoms with Gasteiger partial charge < -0.3 is 20.3 Å². The molecule has 0 fully saturated rings. The number of unbranched alkanes of at least 4 members (excludes halogenated alkanes) is 47. The second-order valence-electron chi connectivity index (χ2n) is 23.5. The van der Waals surface area contributed by atoms with Crippen molar-refractivity contribution in [2.24, 2.45) is 0 Å². The third kappa shape index (κ3) is 61.3. The van der Waals surface area contributed by atoms with Crippen LogP contribution in [-0.4, -0.2) is 47.4 Å². The first-order chi connectivity index (χ1) is 37.5. The molecule has 6 nitrogen and oxygen atoms in total. The van der Waals surface area contributed by atoms with E-state index in [1.165, 1.54) is 257 Å². The third-order valence-corrected chi connectivity index (χ3v) is 15.9. The summed E-state index contributed by atoms with van der Waals surface area (Å²) in [5.74, 6) is -0.0626. The number of carbonyl (C=O) groups is 2. The van der Waals surface area contributed by atoms with Gasteiger partial charge in [-0.2, -0.15) is 0 Å². The lowest BCUT2D eigenvalue weighted by atomic mass is 10.0. The predicted molar refractivity (Wildman–Crippen MR) is 333 cm³/mol. The monoisotopic (exact) mass is 1070 g/mol. The highest BCUT2D eigenvalue weighted by Gasteiger charge is 2.20. The topological polar surface area (TPSA) is 95.9 Å². The molecule has 6 heteroatoms. The highest BCUT2D eigenvalue weighted by molar-refractivity contribution is 5.76. The SMILES string of the molecule is CCCCCCCC/C=C\CCCCCCCCCCCC(=O)OCCCCC/C=C\C/C=C\CCCCCCCCCC(=O)NC(CO)C(O)CCCCCCCCCCCCCCCCCCCCCCCCC. The van der Waals surface area contributed by atoms with E-state index in [0.29, 0.717) is 25.9 Å². The Morgan fingerprint density at radius 3 is 1.01 bits per heavy atom. The zero-order valence-corrected chi connectivity index (χ0v) is 51.3. The molecular formula is C70H133NO5. The summed E-state index contributed by atoms with van der Waals surface area (Å²) in [5.41, 5.74) is 0. The van der Waals surface area contributed by atoms with Crippen LogP contribution in [0.5, 0.6) is 0 Å². The summed E-state index contributed by atoms with van der Waals surface area (Å²) in [6.07, 6.45) is 83.2. The van der Waals surface area contributed by atoms with Crippen LogP contribution in [0.1, 0.15) is 373 Å². The van der Waals surface area contributed by atoms with Crippen molar-refractivity contribution < 1.29 is 24.5 Å². The van der Waals surface area contributed by atoms with Crippen LogP contribution in [0, 0.1) is 0 Å². The molecule has 0 heterocycles. The fourth-order valence-electron chi connectivity index (χ4n) is 10.7. The van der Waals surface area contributed by atoms with E-state index in [9.17, 15) is 19.8 Å². The maximum Gasteiger partial charge on any atom is 0.305 e. The van der Waals surface area contributed by atoms with E-state index in [2.05, 4.69) is 55.6 Å². The number of aliphatic hydroxyl groups excluding tert-OH is 2. The number of amides is 1. The molecule has 76 heavy (non-hydrogen) atoms. The summed E-state index contributed by atoms with van der Waals surface area (Å²) in [7, 11) is 0. The van der Waals surface area contributed by atoms with Gasteiger partial charge in [0.05, 0.1) is 25.4 Å². The quantitative estimate of drug-likeness (QED) is 0.0320. The minimum absolute atomic E-state index is 0.0150. The second-order valence-corrected chi connectivity index (χ2v) is 23.5. The van der Waals surface area contributed by atoms with Crippen molar-refractivity contribution in [3.05, 3.63) is 36.5 Å². The summed E-state index contributed by atoms with van der Waals surface area (Å²) < 4.78 is 5.48. The average Bonchev–Trinajstić information content (AvgIpc) is 3.42. The number of carbonyl (C=O) groups excluding carboxylic acids is 2. The van der Waals surface area contributed by atoms with Crippen molar-refractivity contribution in [2.45, 2.75) is 386 Å². The van der Waals surface area contributed by atoms with Gasteiger partial charge in [0.15, 0.2) is 0 Å². The number of hydrogen-bond donors (Lipinski definition) is 3. The first-order valence-corrected chi connectivity index (χ1v) is 34.2. The number of hydrogen-bond acceptors (Lipinski definition) is 5. The summed E-state index contributed by atoms with van der Waals surface area (Å²) >= 11 is 0. The molecule has 448 valence electrons. The maximum atomic E-state index is 12.5. The zero-order chi connectivity index (χ0) is 55.0. The van der Waals surface area contributed by atoms with Crippen LogP contribution in [0.25, 0.3) is 0 Å². The van der Waals surface area contributed by atoms with Crippen molar-refractivity contribution in [3.8, 4) is 0 Å². The van der Waals surface area contributed by atoms with Crippen molar-refractivity contribution in [2.75, 3.05) is 13.2 Å². The molecule has 0 bridgehead atoms. The Balaban J connectivity index is 3.47. The van der Waals surface area contributed by atoms with E-state index in [1.54, 1.807) is 0 Å². The maximum absolute atomic E-state index is 12.5. The lowest BCUT2D eigenvalue weighted by molar-refractivity contribution is -0.143. The number of esters is 1. The molecule has 0 aliphatic rings. The van der Waals surface area contributed by atoms with Gasteiger partial charge >= 0.3 is 5.97 Å². The number of nitrogens with one attached hydrogen (secondary N) is 1. The normalized spacial score (nSPS) is 12.7. The molecular weight excluding hydrogens is 935 g/mol. The minimum Gasteiger partial charge on any atom is -0.466 e. The summed E-state index contributed by atoms with van der Waals surface area (Å²) in [4.78, 5) is 24.6. The van der Waals surface area contributed by atoms with E-state index in [0.717, 1.165) is 83.5 Å². The van der Waals surface area contributed by atoms with Crippen LogP contribution in [0.2, 0.25) is 0 Å². The lowest BCUT2D eigenvalue weighted by Gasteiger charge is -2.22. The summed E-state index contributed by atoms with van der Waals surface area (Å²) in [6, 6.07) is -0.556. The largest absolute Gasteiger partial charge is 0.466 e. The van der Waals surface area contributed by atoms with Gasteiger partial charge in [0.1, 0.15) is 0 Å². The first kappa shape index (κ1) is 74.1. The zero-order valence-electron chi connectivity index (χ0n) is 51.3. The van der Waals surface area contributed by atoms with Gasteiger partial charge in [-0.05, 0) is 89.9 Å². The Kier molecular flexibility index (Phi) is 63.9. The van der Waals surface area contributed by atoms with Gasteiger partial charge in [-0.25, -0.2) is 0 Å². The van der Waals surface area contributed by atoms with Gasteiger partial charge in [-0.15, -0.1) is 0 Å². The predicted octanol–water partition coefficient (Wildman–Crippen LogP) is 21.9. The summed E-state index contributed by atoms with van der Waals surface area (Å²) in [5, 5.41) is 23.4.